The Labute approximate surface area is 251 Å². The van der Waals surface area contributed by atoms with Gasteiger partial charge in [0.2, 0.25) is 0 Å². The predicted molar refractivity (Wildman–Crippen MR) is 183 cm³/mol. The van der Waals surface area contributed by atoms with E-state index in [0.717, 1.165) is 11.3 Å². The Hall–Kier alpha value is -3.19. The van der Waals surface area contributed by atoms with Crippen molar-refractivity contribution in [3.63, 3.8) is 0 Å². The van der Waals surface area contributed by atoms with E-state index in [0.29, 0.717) is 0 Å². The van der Waals surface area contributed by atoms with Crippen LogP contribution in [0, 0.1) is 10.8 Å². The molecule has 0 saturated carbocycles. The Morgan fingerprint density at radius 3 is 1.78 bits per heavy atom. The molecule has 1 aromatic heterocycles. The van der Waals surface area contributed by atoms with Crippen molar-refractivity contribution in [1.82, 2.24) is 4.98 Å². The van der Waals surface area contributed by atoms with Crippen molar-refractivity contribution >= 4 is 12.2 Å². The normalized spacial score (nSPS) is 21.0. The van der Waals surface area contributed by atoms with Gasteiger partial charge in [-0.2, -0.15) is 0 Å². The Kier molecular flexibility index (Phi) is 11.5. The van der Waals surface area contributed by atoms with Gasteiger partial charge in [-0.05, 0) is 124 Å². The van der Waals surface area contributed by atoms with Crippen LogP contribution in [0.2, 0.25) is 0 Å². The molecule has 0 aromatic carbocycles. The largest absolute Gasteiger partial charge is 0.257 e. The molecule has 1 nitrogen and oxygen atoms in total. The average molecular weight is 548 g/mol. The summed E-state index contributed by atoms with van der Waals surface area (Å²) in [4.78, 5) is 4.56. The van der Waals surface area contributed by atoms with Crippen LogP contribution in [0.15, 0.2) is 112 Å². The van der Waals surface area contributed by atoms with Crippen LogP contribution in [0.25, 0.3) is 12.2 Å². The van der Waals surface area contributed by atoms with Crippen molar-refractivity contribution < 1.29 is 0 Å². The summed E-state index contributed by atoms with van der Waals surface area (Å²) in [6.45, 7) is 20.5. The molecular formula is C40H53N. The second-order valence-corrected chi connectivity index (χ2v) is 13.5. The fourth-order valence-electron chi connectivity index (χ4n) is 6.15. The first kappa shape index (κ1) is 32.3. The van der Waals surface area contributed by atoms with E-state index in [1.165, 1.54) is 72.0 Å². The van der Waals surface area contributed by atoms with Crippen LogP contribution in [0.1, 0.15) is 112 Å². The van der Waals surface area contributed by atoms with Crippen LogP contribution in [-0.2, 0) is 0 Å². The maximum atomic E-state index is 4.56. The topological polar surface area (TPSA) is 12.9 Å². The summed E-state index contributed by atoms with van der Waals surface area (Å²) in [5.74, 6) is 0. The molecule has 0 N–H and O–H groups in total. The Morgan fingerprint density at radius 2 is 1.24 bits per heavy atom. The van der Waals surface area contributed by atoms with E-state index in [9.17, 15) is 0 Å². The third-order valence-corrected chi connectivity index (χ3v) is 8.66. The fraction of sp³-hybridized carbons (Fsp3) is 0.425. The second kappa shape index (κ2) is 14.6. The van der Waals surface area contributed by atoms with Gasteiger partial charge < -0.3 is 0 Å². The molecule has 0 aliphatic heterocycles. The quantitative estimate of drug-likeness (QED) is 0.280. The highest BCUT2D eigenvalue weighted by atomic mass is 14.7. The number of pyridine rings is 1. The van der Waals surface area contributed by atoms with Gasteiger partial charge in [-0.1, -0.05) is 111 Å². The first-order valence-electron chi connectivity index (χ1n) is 15.5. The number of hydrogen-bond donors (Lipinski definition) is 0. The summed E-state index contributed by atoms with van der Waals surface area (Å²) in [6.07, 6.45) is 33.8. The van der Waals surface area contributed by atoms with Crippen LogP contribution >= 0.6 is 0 Å². The van der Waals surface area contributed by atoms with Crippen LogP contribution in [0.5, 0.6) is 0 Å². The molecule has 0 bridgehead atoms. The minimum Gasteiger partial charge on any atom is -0.257 e. The van der Waals surface area contributed by atoms with E-state index in [-0.39, 0.29) is 10.8 Å². The van der Waals surface area contributed by atoms with Gasteiger partial charge in [0.15, 0.2) is 0 Å². The van der Waals surface area contributed by atoms with Gasteiger partial charge in [0.05, 0.1) is 5.69 Å². The van der Waals surface area contributed by atoms with Gasteiger partial charge in [-0.25, -0.2) is 0 Å². The smallest absolute Gasteiger partial charge is 0.0638 e. The number of hydrogen-bond acceptors (Lipinski definition) is 1. The van der Waals surface area contributed by atoms with Gasteiger partial charge in [0.1, 0.15) is 0 Å². The summed E-state index contributed by atoms with van der Waals surface area (Å²) >= 11 is 0. The van der Waals surface area contributed by atoms with Gasteiger partial charge >= 0.3 is 0 Å². The fourth-order valence-corrected chi connectivity index (χ4v) is 6.15. The molecule has 1 heterocycles. The lowest BCUT2D eigenvalue weighted by atomic mass is 9.72. The first-order valence-corrected chi connectivity index (χ1v) is 15.5. The number of rotatable bonds is 9. The Bertz CT molecular complexity index is 1350. The van der Waals surface area contributed by atoms with E-state index < -0.39 is 0 Å². The monoisotopic (exact) mass is 547 g/mol. The highest BCUT2D eigenvalue weighted by molar-refractivity contribution is 5.58. The molecule has 0 atom stereocenters. The minimum absolute atomic E-state index is 0.276. The van der Waals surface area contributed by atoms with E-state index in [4.69, 9.17) is 0 Å². The van der Waals surface area contributed by atoms with Crippen molar-refractivity contribution in [2.45, 2.75) is 101 Å². The molecule has 1 aromatic rings. The molecule has 3 rings (SSSR count). The minimum atomic E-state index is 0.276. The third-order valence-electron chi connectivity index (χ3n) is 8.66. The molecule has 0 radical (unpaired) electrons. The molecule has 218 valence electrons. The highest BCUT2D eigenvalue weighted by Crippen LogP contribution is 2.41. The van der Waals surface area contributed by atoms with Crippen molar-refractivity contribution in [3.05, 3.63) is 123 Å². The molecule has 1 heteroatoms. The van der Waals surface area contributed by atoms with Crippen molar-refractivity contribution in [2.75, 3.05) is 0 Å². The number of allylic oxidation sites excluding steroid dienone is 16. The lowest BCUT2D eigenvalue weighted by Gasteiger charge is -2.33. The summed E-state index contributed by atoms with van der Waals surface area (Å²) in [6, 6.07) is 4.19. The first-order chi connectivity index (χ1) is 19.4. The van der Waals surface area contributed by atoms with Crippen molar-refractivity contribution in [2.24, 2.45) is 10.8 Å². The summed E-state index contributed by atoms with van der Waals surface area (Å²) in [5.41, 5.74) is 12.5. The lowest BCUT2D eigenvalue weighted by molar-refractivity contribution is 0.376. The van der Waals surface area contributed by atoms with Crippen LogP contribution in [-0.4, -0.2) is 4.98 Å². The maximum absolute atomic E-state index is 4.56. The second-order valence-electron chi connectivity index (χ2n) is 13.5. The molecule has 0 spiro atoms. The molecular weight excluding hydrogens is 494 g/mol. The summed E-state index contributed by atoms with van der Waals surface area (Å²) < 4.78 is 0. The third kappa shape index (κ3) is 9.99. The zero-order valence-corrected chi connectivity index (χ0v) is 27.3. The number of aromatic nitrogens is 1. The Morgan fingerprint density at radius 1 is 0.707 bits per heavy atom. The van der Waals surface area contributed by atoms with Crippen LogP contribution < -0.4 is 0 Å². The zero-order valence-electron chi connectivity index (χ0n) is 27.3. The molecule has 0 saturated heterocycles. The van der Waals surface area contributed by atoms with E-state index in [1.807, 2.05) is 6.20 Å². The van der Waals surface area contributed by atoms with Crippen LogP contribution in [0.4, 0.5) is 0 Å². The SMILES string of the molecule is CC1=C(/C=C/C(C)=C/C=C/C(C)=C/c2cc(/C=C/C=C(C)/C=C/C3=C(C)CCCC3(C)C)ccn2)C(C)(C)CCC1. The molecule has 0 amide bonds. The molecule has 2 aliphatic carbocycles. The van der Waals surface area contributed by atoms with E-state index in [1.54, 1.807) is 5.57 Å². The molecule has 0 fully saturated rings. The average Bonchev–Trinajstić information content (AvgIpc) is 2.87. The zero-order chi connectivity index (χ0) is 30.0. The van der Waals surface area contributed by atoms with Gasteiger partial charge in [0.25, 0.3) is 0 Å². The summed E-state index contributed by atoms with van der Waals surface area (Å²) in [7, 11) is 0. The predicted octanol–water partition coefficient (Wildman–Crippen LogP) is 12.1. The van der Waals surface area contributed by atoms with Gasteiger partial charge in [-0.15, -0.1) is 0 Å². The van der Waals surface area contributed by atoms with Crippen molar-refractivity contribution in [1.29, 1.82) is 0 Å². The number of nitrogens with zero attached hydrogens (tertiary/aromatic N) is 1. The van der Waals surface area contributed by atoms with E-state index in [2.05, 4.69) is 146 Å². The highest BCUT2D eigenvalue weighted by Gasteiger charge is 2.27. The maximum Gasteiger partial charge on any atom is 0.0638 e. The molecule has 2 aliphatic rings. The molecule has 41 heavy (non-hydrogen) atoms. The van der Waals surface area contributed by atoms with Gasteiger partial charge in [-0.3, -0.25) is 4.98 Å². The lowest BCUT2D eigenvalue weighted by Crippen LogP contribution is -2.19. The molecule has 0 unspecified atom stereocenters. The van der Waals surface area contributed by atoms with Gasteiger partial charge in [0, 0.05) is 6.20 Å². The van der Waals surface area contributed by atoms with Crippen LogP contribution in [0.3, 0.4) is 0 Å². The standard InChI is InChI=1S/C40H53N/c1-30(20-22-37-33(4)17-12-25-39(37,6)7)14-10-16-32(3)28-36-29-35(24-27-41-36)19-11-15-31(2)21-23-38-34(5)18-13-26-40(38,8)9/h10-11,14-16,19-24,27-29H,12-13,17-18,25-26H2,1-9H3/b16-10+,19-11+,22-20+,23-21+,30-14+,31-15+,32-28+. The Balaban J connectivity index is 1.61. The van der Waals surface area contributed by atoms with E-state index >= 15 is 0 Å². The summed E-state index contributed by atoms with van der Waals surface area (Å²) in [5, 5.41) is 0. The van der Waals surface area contributed by atoms with Crippen molar-refractivity contribution in [3.8, 4) is 0 Å².